The molecule has 3 N–H and O–H groups in total. The molecule has 1 heterocycles. The van der Waals surface area contributed by atoms with E-state index < -0.39 is 37.2 Å². The van der Waals surface area contributed by atoms with Crippen LogP contribution < -0.4 is 4.74 Å². The van der Waals surface area contributed by atoms with E-state index in [4.69, 9.17) is 19.3 Å². The molecule has 1 unspecified atom stereocenters. The van der Waals surface area contributed by atoms with E-state index in [0.717, 1.165) is 28.0 Å². The number of aliphatic hydroxyl groups excluding tert-OH is 3. The Morgan fingerprint density at radius 3 is 2.39 bits per heavy atom. The van der Waals surface area contributed by atoms with Crippen molar-refractivity contribution in [3.05, 3.63) is 69.8 Å². The van der Waals surface area contributed by atoms with Gasteiger partial charge in [0.25, 0.3) is 0 Å². The molecule has 1 fully saturated rings. The molecule has 0 radical (unpaired) electrons. The number of esters is 1. The maximum atomic E-state index is 12.0. The Bertz CT molecular complexity index is 971. The van der Waals surface area contributed by atoms with Crippen molar-refractivity contribution in [2.45, 2.75) is 59.2 Å². The number of hydrogen-bond donors (Lipinski definition) is 3. The summed E-state index contributed by atoms with van der Waals surface area (Å²) in [5.41, 5.74) is 6.26. The number of allylic oxidation sites excluding steroid dienone is 6. The average Bonchev–Trinajstić information content (AvgIpc) is 3.03. The van der Waals surface area contributed by atoms with Gasteiger partial charge in [0.1, 0.15) is 24.1 Å². The molecule has 2 rings (SSSR count). The van der Waals surface area contributed by atoms with E-state index in [-0.39, 0.29) is 0 Å². The van der Waals surface area contributed by atoms with Crippen LogP contribution in [-0.2, 0) is 14.3 Å². The lowest BCUT2D eigenvalue weighted by atomic mass is 9.96. The fraction of sp³-hybridized carbons (Fsp3) is 0.423. The first-order chi connectivity index (χ1) is 15.6. The van der Waals surface area contributed by atoms with Gasteiger partial charge in [0.05, 0.1) is 13.7 Å². The molecule has 7 heteroatoms. The highest BCUT2D eigenvalue weighted by atomic mass is 16.7. The van der Waals surface area contributed by atoms with Crippen LogP contribution in [0.2, 0.25) is 0 Å². The third-order valence-electron chi connectivity index (χ3n) is 5.64. The Hall–Kier alpha value is -2.71. The summed E-state index contributed by atoms with van der Waals surface area (Å²) in [7, 11) is 1.68. The van der Waals surface area contributed by atoms with Crippen LogP contribution in [0, 0.1) is 20.8 Å². The van der Waals surface area contributed by atoms with Crippen molar-refractivity contribution in [2.24, 2.45) is 0 Å². The molecular formula is C26H34O7. The number of methoxy groups -OCH3 is 1. The predicted octanol–water partition coefficient (Wildman–Crippen LogP) is 3.06. The summed E-state index contributed by atoms with van der Waals surface area (Å²) in [4.78, 5) is 12.0. The molecule has 0 bridgehead atoms. The smallest absolute Gasteiger partial charge is 0.333 e. The third kappa shape index (κ3) is 6.88. The summed E-state index contributed by atoms with van der Waals surface area (Å²) in [6, 6.07) is 2.04. The van der Waals surface area contributed by atoms with E-state index in [0.29, 0.717) is 5.57 Å². The lowest BCUT2D eigenvalue weighted by Gasteiger charge is -2.14. The monoisotopic (exact) mass is 458 g/mol. The minimum atomic E-state index is -1.41. The zero-order chi connectivity index (χ0) is 24.7. The van der Waals surface area contributed by atoms with Gasteiger partial charge in [-0.05, 0) is 68.5 Å². The third-order valence-corrected chi connectivity index (χ3v) is 5.64. The van der Waals surface area contributed by atoms with E-state index in [2.05, 4.69) is 19.9 Å². The van der Waals surface area contributed by atoms with Gasteiger partial charge < -0.3 is 29.5 Å². The molecule has 1 aromatic carbocycles. The number of aliphatic hydroxyl groups is 3. The van der Waals surface area contributed by atoms with Crippen LogP contribution >= 0.6 is 0 Å². The van der Waals surface area contributed by atoms with Crippen molar-refractivity contribution in [3.8, 4) is 5.75 Å². The van der Waals surface area contributed by atoms with Gasteiger partial charge in [-0.2, -0.15) is 0 Å². The molecule has 0 aromatic heterocycles. The van der Waals surface area contributed by atoms with Crippen molar-refractivity contribution < 1.29 is 34.3 Å². The first-order valence-corrected chi connectivity index (χ1v) is 10.8. The van der Waals surface area contributed by atoms with Gasteiger partial charge in [-0.15, -0.1) is 0 Å². The standard InChI is InChI=1S/C26H34O7/c1-15(10-11-20-17(3)13-21(31-6)19(5)18(20)4)8-7-9-16(2)12-23(28)33-26-25(30)24(29)22(14-27)32-26/h7-13,22,24-27,29-30H,14H2,1-6H3/b9-7+,11-10+,15-8+,16-12+/t22-,24-,25-,26?/m1/s1. The molecule has 1 aromatic rings. The SMILES string of the molecule is COc1cc(C)c(/C=C/C(C)=C/C=C/C(C)=C/C(=O)OC2O[C@H](CO)[C@@H](O)[C@H]2O)c(C)c1C. The van der Waals surface area contributed by atoms with E-state index in [1.807, 2.05) is 38.1 Å². The summed E-state index contributed by atoms with van der Waals surface area (Å²) >= 11 is 0. The van der Waals surface area contributed by atoms with Crippen LogP contribution in [0.1, 0.15) is 36.1 Å². The first kappa shape index (κ1) is 26.5. The first-order valence-electron chi connectivity index (χ1n) is 10.8. The summed E-state index contributed by atoms with van der Waals surface area (Å²) in [5, 5.41) is 28.6. The van der Waals surface area contributed by atoms with Crippen LogP contribution in [0.3, 0.4) is 0 Å². The fourth-order valence-electron chi connectivity index (χ4n) is 3.50. The summed E-state index contributed by atoms with van der Waals surface area (Å²) in [6.45, 7) is 9.42. The van der Waals surface area contributed by atoms with Crippen LogP contribution in [0.4, 0.5) is 0 Å². The zero-order valence-electron chi connectivity index (χ0n) is 20.0. The van der Waals surface area contributed by atoms with E-state index in [1.54, 1.807) is 20.1 Å². The molecule has 4 atom stereocenters. The Kier molecular flexibility index (Phi) is 9.61. The van der Waals surface area contributed by atoms with Crippen LogP contribution in [-0.4, -0.2) is 59.6 Å². The van der Waals surface area contributed by atoms with Gasteiger partial charge in [-0.25, -0.2) is 4.79 Å². The Morgan fingerprint density at radius 1 is 1.09 bits per heavy atom. The zero-order valence-corrected chi connectivity index (χ0v) is 20.0. The highest BCUT2D eigenvalue weighted by Crippen LogP contribution is 2.28. The molecule has 1 aliphatic heterocycles. The fourth-order valence-corrected chi connectivity index (χ4v) is 3.50. The lowest BCUT2D eigenvalue weighted by Crippen LogP contribution is -2.35. The van der Waals surface area contributed by atoms with Gasteiger partial charge in [-0.3, -0.25) is 0 Å². The summed E-state index contributed by atoms with van der Waals surface area (Å²) < 4.78 is 15.6. The van der Waals surface area contributed by atoms with E-state index in [9.17, 15) is 15.0 Å². The Labute approximate surface area is 195 Å². The maximum absolute atomic E-state index is 12.0. The minimum Gasteiger partial charge on any atom is -0.496 e. The molecule has 0 aliphatic carbocycles. The number of rotatable bonds is 8. The van der Waals surface area contributed by atoms with Gasteiger partial charge >= 0.3 is 5.97 Å². The largest absolute Gasteiger partial charge is 0.496 e. The number of hydrogen-bond acceptors (Lipinski definition) is 7. The molecule has 1 saturated heterocycles. The van der Waals surface area contributed by atoms with E-state index >= 15 is 0 Å². The normalized spacial score (nSPS) is 24.2. The van der Waals surface area contributed by atoms with Crippen molar-refractivity contribution >= 4 is 12.0 Å². The molecule has 180 valence electrons. The maximum Gasteiger partial charge on any atom is 0.333 e. The van der Waals surface area contributed by atoms with Crippen LogP contribution in [0.15, 0.2) is 47.6 Å². The van der Waals surface area contributed by atoms with E-state index in [1.165, 1.54) is 11.6 Å². The molecule has 0 amide bonds. The second kappa shape index (κ2) is 12.0. The van der Waals surface area contributed by atoms with Gasteiger partial charge in [0.15, 0.2) is 0 Å². The number of benzene rings is 1. The molecule has 7 nitrogen and oxygen atoms in total. The van der Waals surface area contributed by atoms with Crippen LogP contribution in [0.5, 0.6) is 5.75 Å². The average molecular weight is 459 g/mol. The van der Waals surface area contributed by atoms with Gasteiger partial charge in [0, 0.05) is 6.08 Å². The van der Waals surface area contributed by atoms with Crippen molar-refractivity contribution in [3.63, 3.8) is 0 Å². The molecule has 1 aliphatic rings. The Morgan fingerprint density at radius 2 is 1.79 bits per heavy atom. The topological polar surface area (TPSA) is 105 Å². The second-order valence-corrected chi connectivity index (χ2v) is 8.19. The Balaban J connectivity index is 1.99. The lowest BCUT2D eigenvalue weighted by molar-refractivity contribution is -0.184. The number of ether oxygens (including phenoxy) is 3. The summed E-state index contributed by atoms with van der Waals surface area (Å²) in [5.74, 6) is 0.171. The van der Waals surface area contributed by atoms with Crippen molar-refractivity contribution in [1.29, 1.82) is 0 Å². The number of carbonyl (C=O) groups excluding carboxylic acids is 1. The second-order valence-electron chi connectivity index (χ2n) is 8.19. The number of aryl methyl sites for hydroxylation is 1. The molecule has 0 spiro atoms. The highest BCUT2D eigenvalue weighted by Gasteiger charge is 2.44. The molecule has 33 heavy (non-hydrogen) atoms. The van der Waals surface area contributed by atoms with Gasteiger partial charge in [0.2, 0.25) is 6.29 Å². The van der Waals surface area contributed by atoms with Crippen molar-refractivity contribution in [2.75, 3.05) is 13.7 Å². The minimum absolute atomic E-state index is 0.485. The summed E-state index contributed by atoms with van der Waals surface area (Å²) in [6.07, 6.45) is 5.84. The highest BCUT2D eigenvalue weighted by molar-refractivity contribution is 5.83. The number of carbonyl (C=O) groups is 1. The van der Waals surface area contributed by atoms with Gasteiger partial charge in [-0.1, -0.05) is 36.0 Å². The van der Waals surface area contributed by atoms with Crippen LogP contribution in [0.25, 0.3) is 6.08 Å². The van der Waals surface area contributed by atoms with Crippen molar-refractivity contribution in [1.82, 2.24) is 0 Å². The molecular weight excluding hydrogens is 424 g/mol. The quantitative estimate of drug-likeness (QED) is 0.312. The predicted molar refractivity (Wildman–Crippen MR) is 127 cm³/mol. The molecule has 0 saturated carbocycles.